The molecule has 0 aliphatic carbocycles. The summed E-state index contributed by atoms with van der Waals surface area (Å²) in [7, 11) is 5.50. The van der Waals surface area contributed by atoms with Gasteiger partial charge in [-0.1, -0.05) is 0 Å². The van der Waals surface area contributed by atoms with Crippen molar-refractivity contribution in [1.82, 2.24) is 19.7 Å². The van der Waals surface area contributed by atoms with Crippen LogP contribution in [0.25, 0.3) is 0 Å². The minimum atomic E-state index is 0.294. The standard InChI is InChI=1S/C8H12BBrN4O/c1-6-4-15-3-2-13(6)5-14-8(10)11-7(9)12-14/h6H,2-5H2,1H3/t6-/m1/s1. The molecule has 2 rings (SSSR count). The van der Waals surface area contributed by atoms with Gasteiger partial charge in [-0.25, -0.2) is 9.67 Å². The first kappa shape index (κ1) is 11.1. The molecule has 5 nitrogen and oxygen atoms in total. The SMILES string of the molecule is [B]c1nc(Br)n(CN2CCOC[C@H]2C)n1. The number of hydrogen-bond acceptors (Lipinski definition) is 4. The fourth-order valence-corrected chi connectivity index (χ4v) is 1.95. The first-order chi connectivity index (χ1) is 7.16. The Bertz CT molecular complexity index is 345. The van der Waals surface area contributed by atoms with Crippen molar-refractivity contribution in [3.63, 3.8) is 0 Å². The molecule has 2 radical (unpaired) electrons. The van der Waals surface area contributed by atoms with E-state index in [9.17, 15) is 0 Å². The summed E-state index contributed by atoms with van der Waals surface area (Å²) in [5.74, 6) is 0. The Morgan fingerprint density at radius 1 is 1.67 bits per heavy atom. The number of halogens is 1. The van der Waals surface area contributed by atoms with Crippen LogP contribution >= 0.6 is 15.9 Å². The summed E-state index contributed by atoms with van der Waals surface area (Å²) in [5, 5.41) is 4.09. The normalized spacial score (nSPS) is 23.2. The zero-order valence-corrected chi connectivity index (χ0v) is 10.1. The summed E-state index contributed by atoms with van der Waals surface area (Å²) in [6.07, 6.45) is 0. The molecule has 0 aromatic carbocycles. The zero-order chi connectivity index (χ0) is 10.8. The van der Waals surface area contributed by atoms with Crippen LogP contribution in [0.15, 0.2) is 4.73 Å². The molecule has 0 bridgehead atoms. The van der Waals surface area contributed by atoms with Gasteiger partial charge in [-0.05, 0) is 22.9 Å². The lowest BCUT2D eigenvalue weighted by Gasteiger charge is -2.32. The van der Waals surface area contributed by atoms with Gasteiger partial charge in [0.05, 0.1) is 25.6 Å². The van der Waals surface area contributed by atoms with Gasteiger partial charge in [-0.3, -0.25) is 4.90 Å². The quantitative estimate of drug-likeness (QED) is 0.681. The third-order valence-corrected chi connectivity index (χ3v) is 3.05. The first-order valence-electron chi connectivity index (χ1n) is 4.84. The molecule has 0 amide bonds. The van der Waals surface area contributed by atoms with Gasteiger partial charge in [-0.15, -0.1) is 0 Å². The largest absolute Gasteiger partial charge is 0.379 e. The lowest BCUT2D eigenvalue weighted by Crippen LogP contribution is -2.44. The molecule has 1 aliphatic heterocycles. The molecule has 80 valence electrons. The third kappa shape index (κ3) is 2.59. The molecule has 1 saturated heterocycles. The molecule has 15 heavy (non-hydrogen) atoms. The van der Waals surface area contributed by atoms with Crippen LogP contribution in [0.3, 0.4) is 0 Å². The van der Waals surface area contributed by atoms with Crippen molar-refractivity contribution in [2.24, 2.45) is 0 Å². The van der Waals surface area contributed by atoms with E-state index in [1.165, 1.54) is 0 Å². The third-order valence-electron chi connectivity index (χ3n) is 2.46. The van der Waals surface area contributed by atoms with Crippen molar-refractivity contribution < 1.29 is 4.74 Å². The van der Waals surface area contributed by atoms with E-state index in [2.05, 4.69) is 37.8 Å². The molecule has 7 heteroatoms. The monoisotopic (exact) mass is 270 g/mol. The van der Waals surface area contributed by atoms with Gasteiger partial charge in [0.25, 0.3) is 0 Å². The second-order valence-electron chi connectivity index (χ2n) is 3.62. The Labute approximate surface area is 98.3 Å². The summed E-state index contributed by atoms with van der Waals surface area (Å²) in [5.41, 5.74) is 0.294. The van der Waals surface area contributed by atoms with E-state index in [0.29, 0.717) is 23.2 Å². The van der Waals surface area contributed by atoms with Crippen molar-refractivity contribution >= 4 is 29.5 Å². The second-order valence-corrected chi connectivity index (χ2v) is 4.33. The highest BCUT2D eigenvalue weighted by Crippen LogP contribution is 2.09. The van der Waals surface area contributed by atoms with Crippen LogP contribution in [0.2, 0.25) is 0 Å². The number of morpholine rings is 1. The van der Waals surface area contributed by atoms with Crippen LogP contribution in [-0.4, -0.2) is 53.3 Å². The van der Waals surface area contributed by atoms with Crippen LogP contribution < -0.4 is 5.72 Å². The van der Waals surface area contributed by atoms with Crippen molar-refractivity contribution in [2.45, 2.75) is 19.6 Å². The number of aromatic nitrogens is 3. The van der Waals surface area contributed by atoms with Gasteiger partial charge in [0, 0.05) is 12.6 Å². The number of hydrogen-bond donors (Lipinski definition) is 0. The molecule has 1 aliphatic rings. The molecular weight excluding hydrogens is 259 g/mol. The molecule has 1 aromatic rings. The van der Waals surface area contributed by atoms with Crippen LogP contribution in [0.1, 0.15) is 6.92 Å². The lowest BCUT2D eigenvalue weighted by atomic mass is 10.1. The second kappa shape index (κ2) is 4.63. The Hall–Kier alpha value is -0.395. The van der Waals surface area contributed by atoms with Crippen molar-refractivity contribution in [3.05, 3.63) is 4.73 Å². The van der Waals surface area contributed by atoms with E-state index in [1.807, 2.05) is 0 Å². The van der Waals surface area contributed by atoms with Gasteiger partial charge in [0.15, 0.2) is 12.6 Å². The fourth-order valence-electron chi connectivity index (χ4n) is 1.57. The maximum absolute atomic E-state index is 5.50. The fraction of sp³-hybridized carbons (Fsp3) is 0.750. The van der Waals surface area contributed by atoms with E-state index < -0.39 is 0 Å². The molecule has 1 fully saturated rings. The molecule has 1 aromatic heterocycles. The molecule has 1 atom stereocenters. The van der Waals surface area contributed by atoms with Gasteiger partial charge in [0.2, 0.25) is 0 Å². The van der Waals surface area contributed by atoms with Crippen LogP contribution in [-0.2, 0) is 11.4 Å². The lowest BCUT2D eigenvalue weighted by molar-refractivity contribution is -0.0176. The highest BCUT2D eigenvalue weighted by molar-refractivity contribution is 9.10. The number of rotatable bonds is 2. The van der Waals surface area contributed by atoms with E-state index in [1.54, 1.807) is 4.68 Å². The van der Waals surface area contributed by atoms with Crippen LogP contribution in [0.4, 0.5) is 0 Å². The minimum absolute atomic E-state index is 0.294. The van der Waals surface area contributed by atoms with Crippen LogP contribution in [0.5, 0.6) is 0 Å². The highest BCUT2D eigenvalue weighted by atomic mass is 79.9. The van der Waals surface area contributed by atoms with E-state index in [0.717, 1.165) is 19.8 Å². The molecular formula is C8H12BBrN4O. The maximum Gasteiger partial charge on any atom is 0.195 e. The first-order valence-corrected chi connectivity index (χ1v) is 5.63. The van der Waals surface area contributed by atoms with Crippen molar-refractivity contribution in [1.29, 1.82) is 0 Å². The number of ether oxygens (including phenoxy) is 1. The minimum Gasteiger partial charge on any atom is -0.379 e. The Morgan fingerprint density at radius 3 is 3.07 bits per heavy atom. The summed E-state index contributed by atoms with van der Waals surface area (Å²) >= 11 is 3.32. The number of nitrogens with zero attached hydrogens (tertiary/aromatic N) is 4. The molecule has 0 N–H and O–H groups in total. The zero-order valence-electron chi connectivity index (χ0n) is 8.56. The predicted octanol–water partition coefficient (Wildman–Crippen LogP) is -0.487. The van der Waals surface area contributed by atoms with Gasteiger partial charge in [0.1, 0.15) is 0 Å². The van der Waals surface area contributed by atoms with Crippen molar-refractivity contribution in [2.75, 3.05) is 19.8 Å². The summed E-state index contributed by atoms with van der Waals surface area (Å²) in [4.78, 5) is 6.27. The average molecular weight is 271 g/mol. The Morgan fingerprint density at radius 2 is 2.47 bits per heavy atom. The Kier molecular flexibility index (Phi) is 3.43. The van der Waals surface area contributed by atoms with Crippen LogP contribution in [0, 0.1) is 0 Å². The Balaban J connectivity index is 2.04. The van der Waals surface area contributed by atoms with Gasteiger partial charge in [-0.2, -0.15) is 5.10 Å². The molecule has 0 saturated carbocycles. The van der Waals surface area contributed by atoms with Gasteiger partial charge >= 0.3 is 0 Å². The van der Waals surface area contributed by atoms with E-state index >= 15 is 0 Å². The smallest absolute Gasteiger partial charge is 0.195 e. The van der Waals surface area contributed by atoms with E-state index in [-0.39, 0.29) is 0 Å². The summed E-state index contributed by atoms with van der Waals surface area (Å²) in [6, 6.07) is 0.399. The molecule has 0 unspecified atom stereocenters. The summed E-state index contributed by atoms with van der Waals surface area (Å²) in [6.45, 7) is 5.27. The highest BCUT2D eigenvalue weighted by Gasteiger charge is 2.19. The predicted molar refractivity (Wildman–Crippen MR) is 60.1 cm³/mol. The summed E-state index contributed by atoms with van der Waals surface area (Å²) < 4.78 is 7.77. The molecule has 2 heterocycles. The molecule has 0 spiro atoms. The topological polar surface area (TPSA) is 43.2 Å². The maximum atomic E-state index is 5.50. The van der Waals surface area contributed by atoms with Crippen molar-refractivity contribution in [3.8, 4) is 0 Å². The van der Waals surface area contributed by atoms with E-state index in [4.69, 9.17) is 12.6 Å². The van der Waals surface area contributed by atoms with Gasteiger partial charge < -0.3 is 4.74 Å². The average Bonchev–Trinajstić information content (AvgIpc) is 2.49.